The van der Waals surface area contributed by atoms with Crippen LogP contribution in [0.15, 0.2) is 18.2 Å². The zero-order valence-electron chi connectivity index (χ0n) is 16.8. The lowest BCUT2D eigenvalue weighted by Crippen LogP contribution is -2.33. The average Bonchev–Trinajstić information content (AvgIpc) is 3.49. The number of amides is 1. The molecule has 2 aliphatic carbocycles. The van der Waals surface area contributed by atoms with Gasteiger partial charge in [0.25, 0.3) is 0 Å². The maximum Gasteiger partial charge on any atom is 0.404 e. The van der Waals surface area contributed by atoms with Gasteiger partial charge in [-0.2, -0.15) is 0 Å². The van der Waals surface area contributed by atoms with Crippen LogP contribution >= 0.6 is 0 Å². The van der Waals surface area contributed by atoms with Gasteiger partial charge in [0.05, 0.1) is 5.69 Å². The predicted molar refractivity (Wildman–Crippen MR) is 112 cm³/mol. The van der Waals surface area contributed by atoms with Gasteiger partial charge in [0.2, 0.25) is 0 Å². The normalized spacial score (nSPS) is 18.0. The van der Waals surface area contributed by atoms with Crippen molar-refractivity contribution in [3.05, 3.63) is 23.8 Å². The van der Waals surface area contributed by atoms with Crippen molar-refractivity contribution < 1.29 is 15.0 Å². The Hall–Kier alpha value is -2.35. The molecule has 0 aromatic heterocycles. The molecule has 28 heavy (non-hydrogen) atoms. The van der Waals surface area contributed by atoms with Gasteiger partial charge in [0.15, 0.2) is 0 Å². The van der Waals surface area contributed by atoms with Crippen molar-refractivity contribution in [2.45, 2.75) is 83.2 Å². The molecule has 0 saturated heterocycles. The van der Waals surface area contributed by atoms with Crippen LogP contribution in [0.25, 0.3) is 0 Å². The highest BCUT2D eigenvalue weighted by Crippen LogP contribution is 2.35. The summed E-state index contributed by atoms with van der Waals surface area (Å²) in [4.78, 5) is 12.8. The number of carbonyl (C=O) groups is 1. The first-order chi connectivity index (χ1) is 13.5. The minimum atomic E-state index is -1.00. The fraction of sp³-hybridized carbons (Fsp3) is 0.609. The minimum Gasteiger partial charge on any atom is -0.506 e. The van der Waals surface area contributed by atoms with Gasteiger partial charge in [-0.1, -0.05) is 31.2 Å². The first kappa shape index (κ1) is 20.4. The lowest BCUT2D eigenvalue weighted by molar-refractivity contribution is 0.190. The molecule has 1 amide bonds. The van der Waals surface area contributed by atoms with Crippen LogP contribution in [0.2, 0.25) is 0 Å². The Morgan fingerprint density at radius 1 is 1.25 bits per heavy atom. The highest BCUT2D eigenvalue weighted by atomic mass is 16.4. The van der Waals surface area contributed by atoms with Crippen molar-refractivity contribution in [2.75, 3.05) is 4.90 Å². The predicted octanol–water partition coefficient (Wildman–Crippen LogP) is 4.88. The molecule has 2 fully saturated rings. The number of phenols is 1. The summed E-state index contributed by atoms with van der Waals surface area (Å²) in [6, 6.07) is 9.42. The summed E-state index contributed by atoms with van der Waals surface area (Å²) in [6.07, 6.45) is 9.93. The quantitative estimate of drug-likeness (QED) is 0.463. The van der Waals surface area contributed by atoms with E-state index in [-0.39, 0.29) is 11.8 Å². The molecule has 5 nitrogen and oxygen atoms in total. The van der Waals surface area contributed by atoms with E-state index in [9.17, 15) is 9.90 Å². The number of hydrogen-bond acceptors (Lipinski definition) is 3. The maximum atomic E-state index is 10.7. The van der Waals surface area contributed by atoms with Crippen LogP contribution in [0.1, 0.15) is 70.3 Å². The monoisotopic (exact) mass is 384 g/mol. The van der Waals surface area contributed by atoms with E-state index in [2.05, 4.69) is 22.2 Å². The highest BCUT2D eigenvalue weighted by molar-refractivity contribution is 5.65. The zero-order valence-corrected chi connectivity index (χ0v) is 16.8. The van der Waals surface area contributed by atoms with Gasteiger partial charge in [-0.05, 0) is 69.1 Å². The number of nitrogens with zero attached hydrogens (tertiary/aromatic N) is 1. The second-order valence-corrected chi connectivity index (χ2v) is 8.31. The molecule has 2 saturated carbocycles. The van der Waals surface area contributed by atoms with E-state index in [1.165, 1.54) is 32.1 Å². The number of nitrogens with one attached hydrogen (secondary N) is 1. The summed E-state index contributed by atoms with van der Waals surface area (Å²) in [7, 11) is 0. The molecule has 1 aromatic rings. The van der Waals surface area contributed by atoms with Crippen molar-refractivity contribution in [3.8, 4) is 17.7 Å². The van der Waals surface area contributed by atoms with Gasteiger partial charge in [-0.15, -0.1) is 0 Å². The number of anilines is 1. The van der Waals surface area contributed by atoms with Crippen LogP contribution < -0.4 is 10.2 Å². The molecule has 0 unspecified atom stereocenters. The second-order valence-electron chi connectivity index (χ2n) is 8.31. The third-order valence-corrected chi connectivity index (χ3v) is 5.76. The third-order valence-electron chi connectivity index (χ3n) is 5.76. The molecule has 1 aromatic carbocycles. The molecular weight excluding hydrogens is 352 g/mol. The van der Waals surface area contributed by atoms with Crippen LogP contribution in [-0.4, -0.2) is 28.4 Å². The molecule has 3 rings (SSSR count). The largest absolute Gasteiger partial charge is 0.506 e. The fourth-order valence-electron chi connectivity index (χ4n) is 3.88. The highest BCUT2D eigenvalue weighted by Gasteiger charge is 2.23. The molecule has 5 heteroatoms. The van der Waals surface area contributed by atoms with E-state index in [1.54, 1.807) is 6.07 Å². The Balaban J connectivity index is 1.69. The average molecular weight is 385 g/mol. The number of benzene rings is 1. The molecule has 1 atom stereocenters. The summed E-state index contributed by atoms with van der Waals surface area (Å²) in [5.74, 6) is 4.39. The van der Waals surface area contributed by atoms with Gasteiger partial charge in [-0.25, -0.2) is 4.79 Å². The Labute approximate surface area is 168 Å². The number of phenolic OH excluding ortho intramolecular Hbond substituents is 1. The molecule has 0 bridgehead atoms. The van der Waals surface area contributed by atoms with Crippen LogP contribution in [0.5, 0.6) is 5.75 Å². The van der Waals surface area contributed by atoms with Crippen LogP contribution in [0.3, 0.4) is 0 Å². The first-order valence-corrected chi connectivity index (χ1v) is 10.6. The van der Waals surface area contributed by atoms with E-state index < -0.39 is 6.09 Å². The number of hydrogen-bond donors (Lipinski definition) is 3. The Morgan fingerprint density at radius 2 is 2.00 bits per heavy atom. The second kappa shape index (κ2) is 9.73. The summed E-state index contributed by atoms with van der Waals surface area (Å²) in [5.41, 5.74) is 1.81. The van der Waals surface area contributed by atoms with E-state index in [0.717, 1.165) is 36.4 Å². The number of aryl methyl sites for hydroxylation is 1. The van der Waals surface area contributed by atoms with Crippen molar-refractivity contribution in [1.82, 2.24) is 5.32 Å². The van der Waals surface area contributed by atoms with Gasteiger partial charge in [0.1, 0.15) is 5.75 Å². The van der Waals surface area contributed by atoms with Crippen molar-refractivity contribution in [3.63, 3.8) is 0 Å². The number of carboxylic acid groups (broad SMARTS) is 1. The minimum absolute atomic E-state index is 0.119. The van der Waals surface area contributed by atoms with E-state index in [1.807, 2.05) is 19.1 Å². The van der Waals surface area contributed by atoms with E-state index in [4.69, 9.17) is 5.11 Å². The number of rotatable bonds is 7. The van der Waals surface area contributed by atoms with Gasteiger partial charge >= 0.3 is 6.09 Å². The van der Waals surface area contributed by atoms with Crippen LogP contribution in [-0.2, 0) is 6.42 Å². The summed E-state index contributed by atoms with van der Waals surface area (Å²) in [6.45, 7) is 1.85. The van der Waals surface area contributed by atoms with Gasteiger partial charge < -0.3 is 15.5 Å². The summed E-state index contributed by atoms with van der Waals surface area (Å²) < 4.78 is 0. The SMILES string of the molecule is C[C@@H](CCc1ccc(N(C#CCC2CC2)C2CCCCC2)c(O)c1)NC(=O)O. The van der Waals surface area contributed by atoms with Crippen molar-refractivity contribution in [1.29, 1.82) is 0 Å². The Morgan fingerprint density at radius 3 is 2.64 bits per heavy atom. The Bertz CT molecular complexity index is 727. The van der Waals surface area contributed by atoms with E-state index in [0.29, 0.717) is 18.9 Å². The Kier molecular flexibility index (Phi) is 7.08. The molecule has 3 N–H and O–H groups in total. The summed E-state index contributed by atoms with van der Waals surface area (Å²) >= 11 is 0. The first-order valence-electron chi connectivity index (χ1n) is 10.6. The molecule has 152 valence electrons. The molecule has 0 radical (unpaired) electrons. The number of aromatic hydroxyl groups is 1. The van der Waals surface area contributed by atoms with E-state index >= 15 is 0 Å². The van der Waals surface area contributed by atoms with Crippen LogP contribution in [0, 0.1) is 17.9 Å². The molecule has 0 heterocycles. The topological polar surface area (TPSA) is 72.8 Å². The lowest BCUT2D eigenvalue weighted by Gasteiger charge is -2.32. The molecule has 2 aliphatic rings. The smallest absolute Gasteiger partial charge is 0.404 e. The van der Waals surface area contributed by atoms with Gasteiger partial charge in [-0.3, -0.25) is 4.90 Å². The molecule has 0 aliphatic heterocycles. The van der Waals surface area contributed by atoms with Crippen LogP contribution in [0.4, 0.5) is 10.5 Å². The fourth-order valence-corrected chi connectivity index (χ4v) is 3.88. The maximum absolute atomic E-state index is 10.7. The van der Waals surface area contributed by atoms with Crippen molar-refractivity contribution >= 4 is 11.8 Å². The van der Waals surface area contributed by atoms with Crippen molar-refractivity contribution in [2.24, 2.45) is 5.92 Å². The lowest BCUT2D eigenvalue weighted by atomic mass is 9.93. The molecular formula is C23H32N2O3. The third kappa shape index (κ3) is 6.09. The molecule has 0 spiro atoms. The zero-order chi connectivity index (χ0) is 19.9. The summed E-state index contributed by atoms with van der Waals surface area (Å²) in [5, 5.41) is 22.0. The van der Waals surface area contributed by atoms with Gasteiger partial charge in [0, 0.05) is 24.5 Å². The standard InChI is InChI=1S/C23H32N2O3/c1-17(24-23(27)28)9-10-19-13-14-21(22(26)16-19)25(15-5-6-18-11-12-18)20-7-3-2-4-8-20/h13-14,16-18,20,24,26H,2-4,6-12H2,1H3,(H,27,28)/t17-/m0/s1.